The van der Waals surface area contributed by atoms with E-state index >= 15 is 0 Å². The molecule has 0 saturated heterocycles. The topological polar surface area (TPSA) is 115 Å². The second-order valence-electron chi connectivity index (χ2n) is 5.30. The summed E-state index contributed by atoms with van der Waals surface area (Å²) in [5.41, 5.74) is 0.202. The van der Waals surface area contributed by atoms with Crippen molar-refractivity contribution in [2.45, 2.75) is 12.5 Å². The summed E-state index contributed by atoms with van der Waals surface area (Å²) < 4.78 is 0. The number of nitrogens with one attached hydrogen (secondary N) is 2. The van der Waals surface area contributed by atoms with E-state index in [4.69, 9.17) is 11.6 Å². The highest BCUT2D eigenvalue weighted by Crippen LogP contribution is 2.21. The van der Waals surface area contributed by atoms with Crippen molar-refractivity contribution in [3.63, 3.8) is 0 Å². The molecule has 3 aromatic rings. The minimum Gasteiger partial charge on any atom is -0.393 e. The number of pyridine rings is 1. The maximum absolute atomic E-state index is 12.8. The number of halogens is 1. The number of benzene rings is 1. The molecule has 0 aliphatic rings. The third-order valence-corrected chi connectivity index (χ3v) is 4.54. The minimum absolute atomic E-state index is 0.0884. The van der Waals surface area contributed by atoms with Gasteiger partial charge < -0.3 is 20.5 Å². The van der Waals surface area contributed by atoms with E-state index in [1.165, 1.54) is 11.3 Å². The summed E-state index contributed by atoms with van der Waals surface area (Å²) >= 11 is 7.19. The molecule has 9 heteroatoms. The Morgan fingerprint density at radius 3 is 2.92 bits per heavy atom. The first-order chi connectivity index (χ1) is 12.0. The molecule has 1 atom stereocenters. The second kappa shape index (κ2) is 7.32. The number of hydrogen-bond donors (Lipinski definition) is 4. The molecule has 7 nitrogen and oxygen atoms in total. The summed E-state index contributed by atoms with van der Waals surface area (Å²) in [4.78, 5) is 31.8. The first-order valence-corrected chi connectivity index (χ1v) is 8.58. The standard InChI is InChI=1S/C16H14ClN3O4S/c17-8-1-2-9-11(5-8)19-14(12(22)7-21)10(15(9)24)6-13(23)20-16-18-3-4-25-16/h1-5,12,21-22H,6-7H2,(H,19,24)(H,18,20,23). The van der Waals surface area contributed by atoms with Gasteiger partial charge >= 0.3 is 0 Å². The lowest BCUT2D eigenvalue weighted by molar-refractivity contribution is -0.115. The molecule has 2 heterocycles. The van der Waals surface area contributed by atoms with Crippen LogP contribution in [-0.4, -0.2) is 32.7 Å². The van der Waals surface area contributed by atoms with Crippen LogP contribution in [0.3, 0.4) is 0 Å². The van der Waals surface area contributed by atoms with E-state index in [0.29, 0.717) is 21.1 Å². The fraction of sp³-hybridized carbons (Fsp3) is 0.188. The van der Waals surface area contributed by atoms with Gasteiger partial charge in [0.2, 0.25) is 5.91 Å². The SMILES string of the molecule is O=C(Cc1c(C(O)CO)[nH]c2cc(Cl)ccc2c1=O)Nc1nccs1. The van der Waals surface area contributed by atoms with Gasteiger partial charge in [-0.1, -0.05) is 11.6 Å². The Bertz CT molecular complexity index is 971. The zero-order valence-electron chi connectivity index (χ0n) is 12.8. The van der Waals surface area contributed by atoms with Gasteiger partial charge in [0.15, 0.2) is 10.6 Å². The third-order valence-electron chi connectivity index (χ3n) is 3.62. The normalized spacial score (nSPS) is 12.3. The number of fused-ring (bicyclic) bond motifs is 1. The number of carbonyl (C=O) groups is 1. The monoisotopic (exact) mass is 379 g/mol. The number of aromatic amines is 1. The van der Waals surface area contributed by atoms with Gasteiger partial charge in [-0.3, -0.25) is 9.59 Å². The van der Waals surface area contributed by atoms with Crippen molar-refractivity contribution >= 4 is 44.9 Å². The van der Waals surface area contributed by atoms with E-state index in [1.54, 1.807) is 29.8 Å². The first kappa shape index (κ1) is 17.6. The molecule has 0 radical (unpaired) electrons. The number of carbonyl (C=O) groups excluding carboxylic acids is 1. The van der Waals surface area contributed by atoms with Crippen LogP contribution in [0.4, 0.5) is 5.13 Å². The number of H-pyrrole nitrogens is 1. The van der Waals surface area contributed by atoms with Crippen LogP contribution in [0.15, 0.2) is 34.6 Å². The van der Waals surface area contributed by atoms with Crippen LogP contribution in [0, 0.1) is 0 Å². The number of thiazole rings is 1. The van der Waals surface area contributed by atoms with Gasteiger partial charge in [-0.15, -0.1) is 11.3 Å². The summed E-state index contributed by atoms with van der Waals surface area (Å²) in [6, 6.07) is 4.67. The quantitative estimate of drug-likeness (QED) is 0.540. The predicted octanol–water partition coefficient (Wildman–Crippen LogP) is 1.84. The first-order valence-electron chi connectivity index (χ1n) is 7.32. The van der Waals surface area contributed by atoms with Crippen molar-refractivity contribution in [2.24, 2.45) is 0 Å². The van der Waals surface area contributed by atoms with Gasteiger partial charge in [0.1, 0.15) is 6.10 Å². The molecular weight excluding hydrogens is 366 g/mol. The molecule has 0 bridgehead atoms. The molecule has 25 heavy (non-hydrogen) atoms. The summed E-state index contributed by atoms with van der Waals surface area (Å²) in [6.07, 6.45) is -0.0352. The van der Waals surface area contributed by atoms with Gasteiger partial charge in [-0.2, -0.15) is 0 Å². The number of amides is 1. The number of rotatable bonds is 5. The zero-order chi connectivity index (χ0) is 18.0. The van der Waals surface area contributed by atoms with Crippen LogP contribution >= 0.6 is 22.9 Å². The Morgan fingerprint density at radius 1 is 1.44 bits per heavy atom. The van der Waals surface area contributed by atoms with Crippen LogP contribution < -0.4 is 10.7 Å². The Kier molecular flexibility index (Phi) is 5.14. The van der Waals surface area contributed by atoms with Crippen LogP contribution in [0.1, 0.15) is 17.4 Å². The van der Waals surface area contributed by atoms with Gasteiger partial charge in [-0.25, -0.2) is 4.98 Å². The molecule has 130 valence electrons. The molecule has 4 N–H and O–H groups in total. The van der Waals surface area contributed by atoms with Crippen molar-refractivity contribution in [2.75, 3.05) is 11.9 Å². The Morgan fingerprint density at radius 2 is 2.24 bits per heavy atom. The van der Waals surface area contributed by atoms with Gasteiger partial charge in [-0.05, 0) is 18.2 Å². The maximum Gasteiger partial charge on any atom is 0.230 e. The largest absolute Gasteiger partial charge is 0.393 e. The van der Waals surface area contributed by atoms with Crippen LogP contribution in [-0.2, 0) is 11.2 Å². The van der Waals surface area contributed by atoms with Crippen LogP contribution in [0.25, 0.3) is 10.9 Å². The number of aliphatic hydroxyl groups excluding tert-OH is 2. The Balaban J connectivity index is 2.05. The lowest BCUT2D eigenvalue weighted by Crippen LogP contribution is -2.24. The van der Waals surface area contributed by atoms with Crippen LogP contribution in [0.2, 0.25) is 5.02 Å². The number of nitrogens with zero attached hydrogens (tertiary/aromatic N) is 1. The zero-order valence-corrected chi connectivity index (χ0v) is 14.4. The van der Waals surface area contributed by atoms with Crippen LogP contribution in [0.5, 0.6) is 0 Å². The molecule has 1 unspecified atom stereocenters. The highest BCUT2D eigenvalue weighted by atomic mass is 35.5. The van der Waals surface area contributed by atoms with Crippen molar-refractivity contribution in [1.82, 2.24) is 9.97 Å². The van der Waals surface area contributed by atoms with Gasteiger partial charge in [0, 0.05) is 27.5 Å². The molecule has 0 fully saturated rings. The predicted molar refractivity (Wildman–Crippen MR) is 96.1 cm³/mol. The summed E-state index contributed by atoms with van der Waals surface area (Å²) in [5.74, 6) is -0.444. The summed E-state index contributed by atoms with van der Waals surface area (Å²) in [7, 11) is 0. The lowest BCUT2D eigenvalue weighted by atomic mass is 10.0. The smallest absolute Gasteiger partial charge is 0.230 e. The molecule has 2 aromatic heterocycles. The summed E-state index contributed by atoms with van der Waals surface area (Å²) in [5, 5.41) is 24.8. The van der Waals surface area contributed by atoms with E-state index in [2.05, 4.69) is 15.3 Å². The average molecular weight is 380 g/mol. The summed E-state index contributed by atoms with van der Waals surface area (Å²) in [6.45, 7) is -0.594. The molecule has 3 rings (SSSR count). The number of hydrogen-bond acceptors (Lipinski definition) is 6. The maximum atomic E-state index is 12.8. The Labute approximate surface area is 150 Å². The highest BCUT2D eigenvalue weighted by molar-refractivity contribution is 7.13. The van der Waals surface area contributed by atoms with Crippen molar-refractivity contribution < 1.29 is 15.0 Å². The van der Waals surface area contributed by atoms with Gasteiger partial charge in [0.25, 0.3) is 0 Å². The van der Waals surface area contributed by atoms with E-state index in [0.717, 1.165) is 0 Å². The van der Waals surface area contributed by atoms with Crippen molar-refractivity contribution in [3.05, 3.63) is 56.3 Å². The molecule has 0 saturated carbocycles. The van der Waals surface area contributed by atoms with E-state index < -0.39 is 24.0 Å². The molecule has 0 spiro atoms. The van der Waals surface area contributed by atoms with Crippen molar-refractivity contribution in [3.8, 4) is 0 Å². The second-order valence-corrected chi connectivity index (χ2v) is 6.63. The lowest BCUT2D eigenvalue weighted by Gasteiger charge is -2.15. The minimum atomic E-state index is -1.32. The molecule has 1 aromatic carbocycles. The highest BCUT2D eigenvalue weighted by Gasteiger charge is 2.20. The molecular formula is C16H14ClN3O4S. The number of anilines is 1. The van der Waals surface area contributed by atoms with Crippen molar-refractivity contribution in [1.29, 1.82) is 0 Å². The van der Waals surface area contributed by atoms with E-state index in [9.17, 15) is 19.8 Å². The number of aliphatic hydroxyl groups is 2. The molecule has 1 amide bonds. The third kappa shape index (κ3) is 3.72. The van der Waals surface area contributed by atoms with E-state index in [-0.39, 0.29) is 17.7 Å². The molecule has 0 aliphatic heterocycles. The average Bonchev–Trinajstić information content (AvgIpc) is 3.09. The number of aromatic nitrogens is 2. The fourth-order valence-electron chi connectivity index (χ4n) is 2.48. The van der Waals surface area contributed by atoms with E-state index in [1.807, 2.05) is 0 Å². The Hall–Kier alpha value is -2.26. The fourth-order valence-corrected chi connectivity index (χ4v) is 3.20. The van der Waals surface area contributed by atoms with Gasteiger partial charge in [0.05, 0.1) is 24.2 Å². The molecule has 0 aliphatic carbocycles.